The molecular formula is C7H12O. The van der Waals surface area contributed by atoms with Crippen molar-refractivity contribution in [3.63, 3.8) is 0 Å². The summed E-state index contributed by atoms with van der Waals surface area (Å²) in [6.45, 7) is 2.21. The molecule has 0 saturated heterocycles. The van der Waals surface area contributed by atoms with Gasteiger partial charge in [0.1, 0.15) is 0 Å². The van der Waals surface area contributed by atoms with Crippen LogP contribution in [0.25, 0.3) is 0 Å². The Morgan fingerprint density at radius 3 is 2.62 bits per heavy atom. The zero-order valence-electron chi connectivity index (χ0n) is 5.17. The van der Waals surface area contributed by atoms with Gasteiger partial charge in [0.2, 0.25) is 0 Å². The Morgan fingerprint density at radius 2 is 2.12 bits per heavy atom. The summed E-state index contributed by atoms with van der Waals surface area (Å²) in [5, 5.41) is 8.29. The average Bonchev–Trinajstić information content (AvgIpc) is 1.81. The van der Waals surface area contributed by atoms with Crippen molar-refractivity contribution in [1.29, 1.82) is 0 Å². The van der Waals surface area contributed by atoms with Gasteiger partial charge in [-0.1, -0.05) is 24.3 Å². The minimum Gasteiger partial charge on any atom is -0.396 e. The Balaban J connectivity index is 3.07. The fourth-order valence-corrected chi connectivity index (χ4v) is 0.360. The van der Waals surface area contributed by atoms with Gasteiger partial charge in [0.15, 0.2) is 0 Å². The standard InChI is InChI=1S/C7H12O/c1-2-3-4-5-6-7-8/h2-5,8H,6-7H2,1H3/b3-2-,5-4+. The summed E-state index contributed by atoms with van der Waals surface area (Å²) in [4.78, 5) is 0. The molecule has 0 aromatic heterocycles. The topological polar surface area (TPSA) is 20.2 Å². The smallest absolute Gasteiger partial charge is 0.0465 e. The van der Waals surface area contributed by atoms with Crippen molar-refractivity contribution in [1.82, 2.24) is 0 Å². The van der Waals surface area contributed by atoms with Crippen molar-refractivity contribution in [2.24, 2.45) is 0 Å². The van der Waals surface area contributed by atoms with E-state index in [0.29, 0.717) is 0 Å². The minimum atomic E-state index is 0.244. The van der Waals surface area contributed by atoms with E-state index in [1.807, 2.05) is 31.2 Å². The predicted molar refractivity (Wildman–Crippen MR) is 35.7 cm³/mol. The Kier molecular flexibility index (Phi) is 5.99. The molecule has 0 saturated carbocycles. The predicted octanol–water partition coefficient (Wildman–Crippen LogP) is 1.50. The summed E-state index contributed by atoms with van der Waals surface area (Å²) in [7, 11) is 0. The highest BCUT2D eigenvalue weighted by molar-refractivity contribution is 5.00. The first-order valence-electron chi connectivity index (χ1n) is 2.80. The fourth-order valence-electron chi connectivity index (χ4n) is 0.360. The molecule has 0 heterocycles. The molecule has 8 heavy (non-hydrogen) atoms. The van der Waals surface area contributed by atoms with E-state index < -0.39 is 0 Å². The van der Waals surface area contributed by atoms with E-state index in [0.717, 1.165) is 6.42 Å². The maximum atomic E-state index is 8.29. The van der Waals surface area contributed by atoms with Crippen LogP contribution in [0.5, 0.6) is 0 Å². The van der Waals surface area contributed by atoms with E-state index >= 15 is 0 Å². The van der Waals surface area contributed by atoms with Gasteiger partial charge in [-0.05, 0) is 13.3 Å². The number of rotatable bonds is 3. The molecule has 0 unspecified atom stereocenters. The lowest BCUT2D eigenvalue weighted by molar-refractivity contribution is 0.302. The third-order valence-corrected chi connectivity index (χ3v) is 0.735. The summed E-state index contributed by atoms with van der Waals surface area (Å²) in [5.41, 5.74) is 0. The number of aliphatic hydroxyl groups excluding tert-OH is 1. The van der Waals surface area contributed by atoms with Crippen molar-refractivity contribution in [2.45, 2.75) is 13.3 Å². The van der Waals surface area contributed by atoms with Crippen LogP contribution in [0.4, 0.5) is 0 Å². The molecule has 0 spiro atoms. The molecule has 1 heteroatoms. The van der Waals surface area contributed by atoms with Crippen LogP contribution in [-0.4, -0.2) is 11.7 Å². The summed E-state index contributed by atoms with van der Waals surface area (Å²) < 4.78 is 0. The summed E-state index contributed by atoms with van der Waals surface area (Å²) in [6, 6.07) is 0. The molecule has 0 aromatic carbocycles. The van der Waals surface area contributed by atoms with Crippen LogP contribution in [0, 0.1) is 0 Å². The van der Waals surface area contributed by atoms with Crippen molar-refractivity contribution in [2.75, 3.05) is 6.61 Å². The van der Waals surface area contributed by atoms with Gasteiger partial charge < -0.3 is 5.11 Å². The second-order valence-corrected chi connectivity index (χ2v) is 1.47. The van der Waals surface area contributed by atoms with E-state index in [1.54, 1.807) is 0 Å². The zero-order valence-corrected chi connectivity index (χ0v) is 5.17. The maximum Gasteiger partial charge on any atom is 0.0465 e. The molecular weight excluding hydrogens is 100 g/mol. The van der Waals surface area contributed by atoms with Gasteiger partial charge in [-0.3, -0.25) is 0 Å². The lowest BCUT2D eigenvalue weighted by Crippen LogP contribution is -1.73. The normalized spacial score (nSPS) is 11.8. The van der Waals surface area contributed by atoms with Crippen molar-refractivity contribution >= 4 is 0 Å². The molecule has 0 aliphatic rings. The van der Waals surface area contributed by atoms with Crippen LogP contribution in [0.1, 0.15) is 13.3 Å². The largest absolute Gasteiger partial charge is 0.396 e. The monoisotopic (exact) mass is 112 g/mol. The quantitative estimate of drug-likeness (QED) is 0.548. The Hall–Kier alpha value is -0.560. The summed E-state index contributed by atoms with van der Waals surface area (Å²) >= 11 is 0. The third kappa shape index (κ3) is 5.44. The molecule has 0 atom stereocenters. The first-order chi connectivity index (χ1) is 3.91. The average molecular weight is 112 g/mol. The van der Waals surface area contributed by atoms with E-state index in [4.69, 9.17) is 5.11 Å². The van der Waals surface area contributed by atoms with Crippen LogP contribution < -0.4 is 0 Å². The Labute approximate surface area is 50.3 Å². The van der Waals surface area contributed by atoms with Gasteiger partial charge in [-0.15, -0.1) is 0 Å². The van der Waals surface area contributed by atoms with E-state index in [2.05, 4.69) is 0 Å². The summed E-state index contributed by atoms with van der Waals surface area (Å²) in [5.74, 6) is 0. The van der Waals surface area contributed by atoms with E-state index in [1.165, 1.54) is 0 Å². The van der Waals surface area contributed by atoms with Gasteiger partial charge >= 0.3 is 0 Å². The second kappa shape index (κ2) is 6.44. The highest BCUT2D eigenvalue weighted by atomic mass is 16.2. The molecule has 0 fully saturated rings. The number of aliphatic hydroxyl groups is 1. The Morgan fingerprint density at radius 1 is 1.38 bits per heavy atom. The summed E-state index contributed by atoms with van der Waals surface area (Å²) in [6.07, 6.45) is 8.50. The van der Waals surface area contributed by atoms with Gasteiger partial charge in [-0.25, -0.2) is 0 Å². The molecule has 0 radical (unpaired) electrons. The Bertz CT molecular complexity index is 82.4. The highest BCUT2D eigenvalue weighted by Gasteiger charge is 1.67. The van der Waals surface area contributed by atoms with Crippen molar-refractivity contribution < 1.29 is 5.11 Å². The van der Waals surface area contributed by atoms with Crippen LogP contribution in [0.3, 0.4) is 0 Å². The molecule has 0 bridgehead atoms. The zero-order chi connectivity index (χ0) is 6.24. The molecule has 1 nitrogen and oxygen atoms in total. The number of hydrogen-bond acceptors (Lipinski definition) is 1. The van der Waals surface area contributed by atoms with Gasteiger partial charge in [-0.2, -0.15) is 0 Å². The maximum absolute atomic E-state index is 8.29. The van der Waals surface area contributed by atoms with Crippen LogP contribution >= 0.6 is 0 Å². The molecule has 0 amide bonds. The van der Waals surface area contributed by atoms with Gasteiger partial charge in [0, 0.05) is 6.61 Å². The number of allylic oxidation sites excluding steroid dienone is 3. The van der Waals surface area contributed by atoms with Crippen LogP contribution in [-0.2, 0) is 0 Å². The number of hydrogen-bond donors (Lipinski definition) is 1. The lowest BCUT2D eigenvalue weighted by atomic mass is 10.4. The molecule has 0 rings (SSSR count). The minimum absolute atomic E-state index is 0.244. The van der Waals surface area contributed by atoms with Crippen LogP contribution in [0.15, 0.2) is 24.3 Å². The molecule has 0 aromatic rings. The molecule has 46 valence electrons. The molecule has 0 aliphatic carbocycles. The third-order valence-electron chi connectivity index (χ3n) is 0.735. The molecule has 0 aliphatic heterocycles. The van der Waals surface area contributed by atoms with Crippen LogP contribution in [0.2, 0.25) is 0 Å². The van der Waals surface area contributed by atoms with E-state index in [9.17, 15) is 0 Å². The van der Waals surface area contributed by atoms with Crippen molar-refractivity contribution in [3.8, 4) is 0 Å². The van der Waals surface area contributed by atoms with Gasteiger partial charge in [0.05, 0.1) is 0 Å². The molecule has 1 N–H and O–H groups in total. The highest BCUT2D eigenvalue weighted by Crippen LogP contribution is 1.80. The van der Waals surface area contributed by atoms with E-state index in [-0.39, 0.29) is 6.61 Å². The lowest BCUT2D eigenvalue weighted by Gasteiger charge is -1.78. The first kappa shape index (κ1) is 7.44. The fraction of sp³-hybridized carbons (Fsp3) is 0.429. The van der Waals surface area contributed by atoms with Gasteiger partial charge in [0.25, 0.3) is 0 Å². The van der Waals surface area contributed by atoms with Crippen molar-refractivity contribution in [3.05, 3.63) is 24.3 Å². The SMILES string of the molecule is C/C=C\C=C\CCO. The second-order valence-electron chi connectivity index (χ2n) is 1.47. The first-order valence-corrected chi connectivity index (χ1v) is 2.80.